The Bertz CT molecular complexity index is 187. The molecular formula is C13H26O2. The van der Waals surface area contributed by atoms with E-state index in [1.807, 2.05) is 6.92 Å². The molecule has 2 nitrogen and oxygen atoms in total. The first-order chi connectivity index (χ1) is 6.91. The molecule has 0 bridgehead atoms. The molecule has 0 amide bonds. The highest BCUT2D eigenvalue weighted by Gasteiger charge is 2.42. The summed E-state index contributed by atoms with van der Waals surface area (Å²) in [5.74, 6) is -0.132. The molecule has 2 unspecified atom stereocenters. The van der Waals surface area contributed by atoms with Gasteiger partial charge < -0.3 is 5.11 Å². The summed E-state index contributed by atoms with van der Waals surface area (Å²) in [6.07, 6.45) is 4.11. The van der Waals surface area contributed by atoms with Crippen LogP contribution >= 0.6 is 0 Å². The molecule has 0 aromatic rings. The summed E-state index contributed by atoms with van der Waals surface area (Å²) in [4.78, 5) is 11.5. The maximum atomic E-state index is 11.5. The van der Waals surface area contributed by atoms with Gasteiger partial charge in [0, 0.05) is 0 Å². The molecular weight excluding hydrogens is 188 g/mol. The van der Waals surface area contributed by atoms with Crippen LogP contribution in [0.5, 0.6) is 0 Å². The van der Waals surface area contributed by atoms with Crippen LogP contribution in [0.2, 0.25) is 0 Å². The maximum Gasteiger partial charge on any atom is 0.309 e. The zero-order valence-corrected chi connectivity index (χ0v) is 10.8. The lowest BCUT2D eigenvalue weighted by atomic mass is 9.66. The van der Waals surface area contributed by atoms with E-state index >= 15 is 0 Å². The standard InChI is InChI=1S/C13H26O2/c1-6-8-10(3)13(5,12(14)15)11(4)9-7-2/h10-11H,6-9H2,1-5H3,(H,14,15). The summed E-state index contributed by atoms with van der Waals surface area (Å²) in [5, 5.41) is 9.43. The zero-order valence-electron chi connectivity index (χ0n) is 10.8. The third-order valence-electron chi connectivity index (χ3n) is 3.95. The SMILES string of the molecule is CCCC(C)C(C)(C(=O)O)C(C)CCC. The minimum absolute atomic E-state index is 0.251. The molecule has 0 saturated carbocycles. The van der Waals surface area contributed by atoms with Gasteiger partial charge in [0.1, 0.15) is 0 Å². The lowest BCUT2D eigenvalue weighted by molar-refractivity contribution is -0.155. The number of carboxylic acids is 1. The minimum atomic E-state index is -0.635. The molecule has 0 rings (SSSR count). The topological polar surface area (TPSA) is 37.3 Å². The van der Waals surface area contributed by atoms with E-state index in [1.54, 1.807) is 0 Å². The lowest BCUT2D eigenvalue weighted by Crippen LogP contribution is -2.40. The molecule has 1 N–H and O–H groups in total. The Morgan fingerprint density at radius 2 is 1.47 bits per heavy atom. The van der Waals surface area contributed by atoms with Crippen LogP contribution in [0.15, 0.2) is 0 Å². The van der Waals surface area contributed by atoms with Gasteiger partial charge in [0.2, 0.25) is 0 Å². The fraction of sp³-hybridized carbons (Fsp3) is 0.923. The van der Waals surface area contributed by atoms with Gasteiger partial charge >= 0.3 is 5.97 Å². The van der Waals surface area contributed by atoms with Crippen molar-refractivity contribution >= 4 is 5.97 Å². The zero-order chi connectivity index (χ0) is 12.1. The first-order valence-corrected chi connectivity index (χ1v) is 6.14. The summed E-state index contributed by atoms with van der Waals surface area (Å²) in [6, 6.07) is 0. The fourth-order valence-corrected chi connectivity index (χ4v) is 2.37. The highest BCUT2D eigenvalue weighted by molar-refractivity contribution is 5.74. The number of aliphatic carboxylic acids is 1. The van der Waals surface area contributed by atoms with E-state index in [0.29, 0.717) is 0 Å². The van der Waals surface area contributed by atoms with Crippen LogP contribution < -0.4 is 0 Å². The van der Waals surface area contributed by atoms with Gasteiger partial charge in [0.15, 0.2) is 0 Å². The third-order valence-corrected chi connectivity index (χ3v) is 3.95. The van der Waals surface area contributed by atoms with Crippen LogP contribution in [-0.4, -0.2) is 11.1 Å². The van der Waals surface area contributed by atoms with Crippen molar-refractivity contribution in [1.82, 2.24) is 0 Å². The van der Waals surface area contributed by atoms with Crippen LogP contribution in [0.1, 0.15) is 60.3 Å². The Morgan fingerprint density at radius 3 is 1.67 bits per heavy atom. The Morgan fingerprint density at radius 1 is 1.13 bits per heavy atom. The highest BCUT2D eigenvalue weighted by Crippen LogP contribution is 2.40. The van der Waals surface area contributed by atoms with Crippen molar-refractivity contribution in [2.24, 2.45) is 17.3 Å². The largest absolute Gasteiger partial charge is 0.481 e. The summed E-state index contributed by atoms with van der Waals surface area (Å²) < 4.78 is 0. The van der Waals surface area contributed by atoms with Crippen molar-refractivity contribution in [3.05, 3.63) is 0 Å². The van der Waals surface area contributed by atoms with Crippen LogP contribution in [0.25, 0.3) is 0 Å². The van der Waals surface area contributed by atoms with Gasteiger partial charge in [-0.1, -0.05) is 40.5 Å². The summed E-state index contributed by atoms with van der Waals surface area (Å²) >= 11 is 0. The van der Waals surface area contributed by atoms with Crippen molar-refractivity contribution in [3.8, 4) is 0 Å². The molecule has 0 spiro atoms. The van der Waals surface area contributed by atoms with E-state index in [9.17, 15) is 9.90 Å². The molecule has 0 heterocycles. The second-order valence-corrected chi connectivity index (χ2v) is 4.97. The molecule has 0 aromatic carbocycles. The van der Waals surface area contributed by atoms with E-state index in [2.05, 4.69) is 27.7 Å². The predicted molar refractivity (Wildman–Crippen MR) is 63.9 cm³/mol. The van der Waals surface area contributed by atoms with Gasteiger partial charge in [-0.05, 0) is 31.6 Å². The lowest BCUT2D eigenvalue weighted by Gasteiger charge is -2.37. The average Bonchev–Trinajstić information content (AvgIpc) is 2.16. The van der Waals surface area contributed by atoms with Crippen LogP contribution in [0.4, 0.5) is 0 Å². The Labute approximate surface area is 94.1 Å². The monoisotopic (exact) mass is 214 g/mol. The van der Waals surface area contributed by atoms with Gasteiger partial charge in [0.25, 0.3) is 0 Å². The quantitative estimate of drug-likeness (QED) is 0.696. The smallest absolute Gasteiger partial charge is 0.309 e. The average molecular weight is 214 g/mol. The van der Waals surface area contributed by atoms with E-state index in [0.717, 1.165) is 25.7 Å². The van der Waals surface area contributed by atoms with E-state index in [1.165, 1.54) is 0 Å². The molecule has 0 aliphatic rings. The minimum Gasteiger partial charge on any atom is -0.481 e. The highest BCUT2D eigenvalue weighted by atomic mass is 16.4. The van der Waals surface area contributed by atoms with Gasteiger partial charge in [-0.15, -0.1) is 0 Å². The molecule has 2 heteroatoms. The molecule has 0 fully saturated rings. The molecule has 0 aliphatic heterocycles. The van der Waals surface area contributed by atoms with Crippen molar-refractivity contribution < 1.29 is 9.90 Å². The van der Waals surface area contributed by atoms with E-state index in [4.69, 9.17) is 0 Å². The summed E-state index contributed by atoms with van der Waals surface area (Å²) in [5.41, 5.74) is -0.563. The molecule has 15 heavy (non-hydrogen) atoms. The Hall–Kier alpha value is -0.530. The molecule has 90 valence electrons. The van der Waals surface area contributed by atoms with Crippen molar-refractivity contribution in [2.75, 3.05) is 0 Å². The van der Waals surface area contributed by atoms with Gasteiger partial charge in [-0.2, -0.15) is 0 Å². The predicted octanol–water partition coefficient (Wildman–Crippen LogP) is 3.95. The second-order valence-electron chi connectivity index (χ2n) is 4.97. The van der Waals surface area contributed by atoms with Crippen LogP contribution in [-0.2, 0) is 4.79 Å². The molecule has 2 atom stereocenters. The second kappa shape index (κ2) is 6.14. The first-order valence-electron chi connectivity index (χ1n) is 6.14. The van der Waals surface area contributed by atoms with Gasteiger partial charge in [0.05, 0.1) is 5.41 Å². The van der Waals surface area contributed by atoms with Crippen molar-refractivity contribution in [2.45, 2.75) is 60.3 Å². The number of carboxylic acid groups (broad SMARTS) is 1. The fourth-order valence-electron chi connectivity index (χ4n) is 2.37. The number of hydrogen-bond acceptors (Lipinski definition) is 1. The van der Waals surface area contributed by atoms with E-state index < -0.39 is 11.4 Å². The third kappa shape index (κ3) is 3.22. The molecule has 0 aliphatic carbocycles. The Balaban J connectivity index is 4.79. The first kappa shape index (κ1) is 14.5. The van der Waals surface area contributed by atoms with Gasteiger partial charge in [-0.3, -0.25) is 4.79 Å². The number of hydrogen-bond donors (Lipinski definition) is 1. The molecule has 0 aromatic heterocycles. The van der Waals surface area contributed by atoms with E-state index in [-0.39, 0.29) is 11.8 Å². The van der Waals surface area contributed by atoms with Crippen LogP contribution in [0.3, 0.4) is 0 Å². The summed E-state index contributed by atoms with van der Waals surface area (Å²) in [6.45, 7) is 10.3. The van der Waals surface area contributed by atoms with Crippen molar-refractivity contribution in [3.63, 3.8) is 0 Å². The summed E-state index contributed by atoms with van der Waals surface area (Å²) in [7, 11) is 0. The van der Waals surface area contributed by atoms with Gasteiger partial charge in [-0.25, -0.2) is 0 Å². The molecule has 0 saturated heterocycles. The van der Waals surface area contributed by atoms with Crippen molar-refractivity contribution in [1.29, 1.82) is 0 Å². The van der Waals surface area contributed by atoms with Crippen LogP contribution in [0, 0.1) is 17.3 Å². The normalized spacial score (nSPS) is 19.3. The Kier molecular flexibility index (Phi) is 5.92. The number of rotatable bonds is 7. The molecule has 0 radical (unpaired) electrons. The maximum absolute atomic E-state index is 11.5. The number of carbonyl (C=O) groups is 1.